The summed E-state index contributed by atoms with van der Waals surface area (Å²) in [7, 11) is 0. The minimum absolute atomic E-state index is 0.0531. The lowest BCUT2D eigenvalue weighted by Gasteiger charge is -2.40. The lowest BCUT2D eigenvalue weighted by molar-refractivity contribution is 0.223. The first-order valence-electron chi connectivity index (χ1n) is 8.57. The topological polar surface area (TPSA) is 87.0 Å². The van der Waals surface area contributed by atoms with Crippen LogP contribution in [-0.2, 0) is 0 Å². The summed E-state index contributed by atoms with van der Waals surface area (Å²) in [6.45, 7) is 8.27. The van der Waals surface area contributed by atoms with Gasteiger partial charge in [0.25, 0.3) is 0 Å². The van der Waals surface area contributed by atoms with E-state index < -0.39 is 0 Å². The SMILES string of the molecule is CCCCN(N)/C(=N\N)C(C)N1CCN(c2c(Cl)cncc2Cl)CC1. The van der Waals surface area contributed by atoms with Gasteiger partial charge in [-0.15, -0.1) is 0 Å². The Hall–Kier alpha value is -1.28. The first kappa shape index (κ1) is 20.0. The molecule has 1 aromatic rings. The highest BCUT2D eigenvalue weighted by Crippen LogP contribution is 2.33. The van der Waals surface area contributed by atoms with Crippen LogP contribution in [0.25, 0.3) is 0 Å². The summed E-state index contributed by atoms with van der Waals surface area (Å²) in [5.41, 5.74) is 0.849. The summed E-state index contributed by atoms with van der Waals surface area (Å²) in [5.74, 6) is 12.4. The molecule has 0 radical (unpaired) electrons. The Balaban J connectivity index is 1.99. The number of piperazine rings is 1. The summed E-state index contributed by atoms with van der Waals surface area (Å²) < 4.78 is 0. The summed E-state index contributed by atoms with van der Waals surface area (Å²) in [5, 5.41) is 6.75. The van der Waals surface area contributed by atoms with Crippen molar-refractivity contribution in [1.29, 1.82) is 0 Å². The predicted octanol–water partition coefficient (Wildman–Crippen LogP) is 2.15. The maximum atomic E-state index is 6.26. The van der Waals surface area contributed by atoms with Gasteiger partial charge in [-0.1, -0.05) is 36.5 Å². The number of nitrogens with two attached hydrogens (primary N) is 2. The fourth-order valence-electron chi connectivity index (χ4n) is 3.07. The molecule has 1 unspecified atom stereocenters. The van der Waals surface area contributed by atoms with Gasteiger partial charge >= 0.3 is 0 Å². The van der Waals surface area contributed by atoms with Crippen molar-refractivity contribution >= 4 is 34.7 Å². The molecule has 0 aliphatic carbocycles. The Morgan fingerprint density at radius 1 is 1.28 bits per heavy atom. The molecule has 25 heavy (non-hydrogen) atoms. The fourth-order valence-corrected chi connectivity index (χ4v) is 3.67. The summed E-state index contributed by atoms with van der Waals surface area (Å²) in [4.78, 5) is 8.51. The zero-order valence-corrected chi connectivity index (χ0v) is 16.3. The summed E-state index contributed by atoms with van der Waals surface area (Å²) in [6.07, 6.45) is 5.33. The normalized spacial score (nSPS) is 17.6. The van der Waals surface area contributed by atoms with Crippen molar-refractivity contribution < 1.29 is 0 Å². The maximum Gasteiger partial charge on any atom is 0.155 e. The first-order chi connectivity index (χ1) is 12.0. The van der Waals surface area contributed by atoms with Crippen LogP contribution in [0.2, 0.25) is 10.0 Å². The number of hydrazine groups is 1. The van der Waals surface area contributed by atoms with Crippen molar-refractivity contribution in [3.63, 3.8) is 0 Å². The number of pyridine rings is 1. The van der Waals surface area contributed by atoms with E-state index >= 15 is 0 Å². The predicted molar refractivity (Wildman–Crippen MR) is 105 cm³/mol. The van der Waals surface area contributed by atoms with Crippen LogP contribution in [-0.4, -0.2) is 59.5 Å². The standard InChI is InChI=1S/C16H27Cl2N7/c1-3-4-5-25(20)16(22-19)12(2)23-6-8-24(9-7-23)15-13(17)10-21-11-14(15)18/h10-12H,3-9,19-20H2,1-2H3/b22-16-. The number of hydrazone groups is 1. The summed E-state index contributed by atoms with van der Waals surface area (Å²) in [6, 6.07) is 0.0531. The Morgan fingerprint density at radius 3 is 2.40 bits per heavy atom. The van der Waals surface area contributed by atoms with E-state index in [1.807, 2.05) is 0 Å². The third-order valence-electron chi connectivity index (χ3n) is 4.56. The molecule has 1 aliphatic heterocycles. The highest BCUT2D eigenvalue weighted by atomic mass is 35.5. The van der Waals surface area contributed by atoms with Crippen molar-refractivity contribution in [2.24, 2.45) is 16.8 Å². The van der Waals surface area contributed by atoms with Crippen molar-refractivity contribution in [2.45, 2.75) is 32.7 Å². The molecule has 1 aliphatic rings. The van der Waals surface area contributed by atoms with Gasteiger partial charge in [-0.2, -0.15) is 5.10 Å². The minimum Gasteiger partial charge on any atom is -0.366 e. The van der Waals surface area contributed by atoms with E-state index in [0.717, 1.165) is 51.3 Å². The molecule has 1 fully saturated rings. The van der Waals surface area contributed by atoms with Gasteiger partial charge in [-0.05, 0) is 13.3 Å². The van der Waals surface area contributed by atoms with E-state index in [1.165, 1.54) is 0 Å². The Bertz CT molecular complexity index is 568. The fraction of sp³-hybridized carbons (Fsp3) is 0.625. The second-order valence-electron chi connectivity index (χ2n) is 6.18. The Kier molecular flexibility index (Phi) is 7.56. The monoisotopic (exact) mass is 387 g/mol. The van der Waals surface area contributed by atoms with E-state index in [2.05, 4.69) is 33.7 Å². The van der Waals surface area contributed by atoms with Crippen molar-refractivity contribution in [3.8, 4) is 0 Å². The molecule has 0 spiro atoms. The van der Waals surface area contributed by atoms with Gasteiger partial charge < -0.3 is 10.7 Å². The average Bonchev–Trinajstić information content (AvgIpc) is 2.61. The van der Waals surface area contributed by atoms with Gasteiger partial charge in [0.15, 0.2) is 5.84 Å². The molecule has 0 amide bonds. The molecule has 1 aromatic heterocycles. The Morgan fingerprint density at radius 2 is 1.88 bits per heavy atom. The van der Waals surface area contributed by atoms with Crippen LogP contribution >= 0.6 is 23.2 Å². The van der Waals surface area contributed by atoms with Gasteiger partial charge in [0.05, 0.1) is 21.8 Å². The van der Waals surface area contributed by atoms with Crippen LogP contribution in [0, 0.1) is 0 Å². The quantitative estimate of drug-likeness (QED) is 0.336. The highest BCUT2D eigenvalue weighted by molar-refractivity contribution is 6.38. The molecular formula is C16H27Cl2N7. The number of amidine groups is 1. The largest absolute Gasteiger partial charge is 0.366 e. The summed E-state index contributed by atoms with van der Waals surface area (Å²) >= 11 is 12.5. The number of halogens is 2. The van der Waals surface area contributed by atoms with E-state index in [1.54, 1.807) is 17.4 Å². The van der Waals surface area contributed by atoms with Crippen LogP contribution in [0.4, 0.5) is 5.69 Å². The molecule has 0 bridgehead atoms. The number of unbranched alkanes of at least 4 members (excludes halogenated alkanes) is 1. The zero-order valence-electron chi connectivity index (χ0n) is 14.8. The van der Waals surface area contributed by atoms with Crippen LogP contribution in [0.5, 0.6) is 0 Å². The molecule has 4 N–H and O–H groups in total. The number of rotatable bonds is 6. The lowest BCUT2D eigenvalue weighted by Crippen LogP contribution is -2.56. The zero-order chi connectivity index (χ0) is 18.4. The lowest BCUT2D eigenvalue weighted by atomic mass is 10.2. The number of hydrogen-bond donors (Lipinski definition) is 2. The third-order valence-corrected chi connectivity index (χ3v) is 5.11. The second-order valence-corrected chi connectivity index (χ2v) is 7.00. The molecule has 2 rings (SSSR count). The molecule has 1 saturated heterocycles. The minimum atomic E-state index is 0.0531. The number of anilines is 1. The highest BCUT2D eigenvalue weighted by Gasteiger charge is 2.27. The first-order valence-corrected chi connectivity index (χ1v) is 9.33. The number of aromatic nitrogens is 1. The molecule has 9 heteroatoms. The number of hydrogen-bond acceptors (Lipinski definition) is 6. The van der Waals surface area contributed by atoms with Gasteiger partial charge in [-0.25, -0.2) is 5.84 Å². The average molecular weight is 388 g/mol. The number of nitrogens with zero attached hydrogens (tertiary/aromatic N) is 5. The van der Waals surface area contributed by atoms with Crippen molar-refractivity contribution in [1.82, 2.24) is 14.9 Å². The van der Waals surface area contributed by atoms with Crippen LogP contribution in [0.15, 0.2) is 17.5 Å². The van der Waals surface area contributed by atoms with Gasteiger partial charge in [0, 0.05) is 45.1 Å². The molecule has 2 heterocycles. The molecular weight excluding hydrogens is 361 g/mol. The molecule has 0 aromatic carbocycles. The van der Waals surface area contributed by atoms with E-state index in [-0.39, 0.29) is 6.04 Å². The third kappa shape index (κ3) is 4.88. The second kappa shape index (κ2) is 9.43. The van der Waals surface area contributed by atoms with Gasteiger partial charge in [-0.3, -0.25) is 14.9 Å². The van der Waals surface area contributed by atoms with E-state index in [4.69, 9.17) is 34.9 Å². The molecule has 1 atom stereocenters. The maximum absolute atomic E-state index is 6.26. The van der Waals surface area contributed by atoms with Crippen LogP contribution in [0.3, 0.4) is 0 Å². The van der Waals surface area contributed by atoms with E-state index in [0.29, 0.717) is 15.9 Å². The van der Waals surface area contributed by atoms with Crippen LogP contribution in [0.1, 0.15) is 26.7 Å². The van der Waals surface area contributed by atoms with Crippen molar-refractivity contribution in [3.05, 3.63) is 22.4 Å². The van der Waals surface area contributed by atoms with Crippen LogP contribution < -0.4 is 16.6 Å². The van der Waals surface area contributed by atoms with Crippen molar-refractivity contribution in [2.75, 3.05) is 37.6 Å². The molecule has 0 saturated carbocycles. The molecule has 140 valence electrons. The van der Waals surface area contributed by atoms with Gasteiger partial charge in [0.2, 0.25) is 0 Å². The Labute approximate surface area is 159 Å². The smallest absolute Gasteiger partial charge is 0.155 e. The van der Waals surface area contributed by atoms with E-state index in [9.17, 15) is 0 Å². The molecule has 7 nitrogen and oxygen atoms in total. The van der Waals surface area contributed by atoms with Gasteiger partial charge in [0.1, 0.15) is 0 Å².